The number of primary amides is 1. The van der Waals surface area contributed by atoms with Crippen LogP contribution in [-0.4, -0.2) is 21.6 Å². The average Bonchev–Trinajstić information content (AvgIpc) is 3.51. The number of nitrogens with zero attached hydrogens (tertiary/aromatic N) is 3. The van der Waals surface area contributed by atoms with E-state index in [0.29, 0.717) is 6.42 Å². The van der Waals surface area contributed by atoms with Crippen LogP contribution in [0.4, 0.5) is 10.1 Å². The fourth-order valence-corrected chi connectivity index (χ4v) is 6.10. The number of benzene rings is 3. The van der Waals surface area contributed by atoms with Crippen LogP contribution >= 0.6 is 0 Å². The van der Waals surface area contributed by atoms with E-state index in [0.717, 1.165) is 40.7 Å². The lowest BCUT2D eigenvalue weighted by Gasteiger charge is -2.33. The molecule has 1 aromatic heterocycles. The molecular weight excluding hydrogens is 455 g/mol. The van der Waals surface area contributed by atoms with Crippen molar-refractivity contribution in [1.29, 1.82) is 0 Å². The van der Waals surface area contributed by atoms with Gasteiger partial charge in [-0.05, 0) is 67.3 Å². The van der Waals surface area contributed by atoms with Gasteiger partial charge in [0.15, 0.2) is 0 Å². The number of nitrogens with two attached hydrogens (primary N) is 1. The van der Waals surface area contributed by atoms with Crippen LogP contribution in [0.3, 0.4) is 0 Å². The first-order chi connectivity index (χ1) is 17.4. The van der Waals surface area contributed by atoms with Crippen molar-refractivity contribution in [3.05, 3.63) is 90.4 Å². The number of hydrogen-bond donors (Lipinski definition) is 1. The Morgan fingerprint density at radius 1 is 1.06 bits per heavy atom. The first kappa shape index (κ1) is 22.5. The fraction of sp³-hybridized carbons (Fsp3) is 0.276. The van der Waals surface area contributed by atoms with Crippen LogP contribution in [0.5, 0.6) is 0 Å². The summed E-state index contributed by atoms with van der Waals surface area (Å²) in [7, 11) is 0. The lowest BCUT2D eigenvalue weighted by molar-refractivity contribution is -0.127. The van der Waals surface area contributed by atoms with Crippen molar-refractivity contribution in [3.63, 3.8) is 0 Å². The summed E-state index contributed by atoms with van der Waals surface area (Å²) in [6.07, 6.45) is 3.83. The molecule has 182 valence electrons. The van der Waals surface area contributed by atoms with E-state index >= 15 is 0 Å². The number of carbonyl (C=O) groups is 2. The van der Waals surface area contributed by atoms with E-state index in [1.165, 1.54) is 12.1 Å². The Balaban J connectivity index is 1.47. The van der Waals surface area contributed by atoms with Gasteiger partial charge < -0.3 is 10.6 Å². The highest BCUT2D eigenvalue weighted by molar-refractivity contribution is 6.01. The second-order valence-electron chi connectivity index (χ2n) is 9.90. The van der Waals surface area contributed by atoms with Crippen molar-refractivity contribution in [1.82, 2.24) is 9.78 Å². The molecule has 0 bridgehead atoms. The summed E-state index contributed by atoms with van der Waals surface area (Å²) in [4.78, 5) is 28.5. The van der Waals surface area contributed by atoms with E-state index in [1.807, 2.05) is 60.4 Å². The van der Waals surface area contributed by atoms with Crippen LogP contribution in [0.15, 0.2) is 79.0 Å². The second-order valence-corrected chi connectivity index (χ2v) is 9.90. The fourth-order valence-electron chi connectivity index (χ4n) is 6.10. The number of carbonyl (C=O) groups excluding carboxylic acids is 2. The van der Waals surface area contributed by atoms with E-state index in [-0.39, 0.29) is 35.5 Å². The quantitative estimate of drug-likeness (QED) is 0.412. The number of amides is 2. The number of anilines is 1. The SMILES string of the molecule is CCC1C(=O)N(c2ccc3c(cnn3-c3ccc(F)cc3)c2)C(c2ccccc2)C1C1(C(N)=O)CC1. The predicted octanol–water partition coefficient (Wildman–Crippen LogP) is 5.16. The average molecular weight is 483 g/mol. The Kier molecular flexibility index (Phi) is 5.18. The van der Waals surface area contributed by atoms with Gasteiger partial charge in [-0.3, -0.25) is 9.59 Å². The summed E-state index contributed by atoms with van der Waals surface area (Å²) in [5, 5.41) is 5.37. The first-order valence-corrected chi connectivity index (χ1v) is 12.4. The van der Waals surface area contributed by atoms with Gasteiger partial charge in [0.25, 0.3) is 0 Å². The predicted molar refractivity (Wildman–Crippen MR) is 136 cm³/mol. The van der Waals surface area contributed by atoms with Crippen molar-refractivity contribution < 1.29 is 14.0 Å². The van der Waals surface area contributed by atoms with Crippen LogP contribution in [0, 0.1) is 23.1 Å². The van der Waals surface area contributed by atoms with Gasteiger partial charge >= 0.3 is 0 Å². The molecule has 1 saturated heterocycles. The molecule has 4 aromatic rings. The van der Waals surface area contributed by atoms with Crippen LogP contribution < -0.4 is 10.6 Å². The van der Waals surface area contributed by atoms with Gasteiger partial charge in [-0.25, -0.2) is 9.07 Å². The second kappa shape index (κ2) is 8.29. The lowest BCUT2D eigenvalue weighted by atomic mass is 9.73. The molecular formula is C29H27FN4O2. The van der Waals surface area contributed by atoms with E-state index in [4.69, 9.17) is 5.73 Å². The molecule has 6 nitrogen and oxygen atoms in total. The monoisotopic (exact) mass is 482 g/mol. The highest BCUT2D eigenvalue weighted by atomic mass is 19.1. The number of rotatable bonds is 6. The number of fused-ring (bicyclic) bond motifs is 1. The van der Waals surface area contributed by atoms with Crippen LogP contribution in [0.1, 0.15) is 37.8 Å². The summed E-state index contributed by atoms with van der Waals surface area (Å²) in [6, 6.07) is 21.7. The molecule has 1 aliphatic carbocycles. The van der Waals surface area contributed by atoms with Crippen LogP contribution in [0.25, 0.3) is 16.6 Å². The molecule has 1 aliphatic heterocycles. The zero-order valence-electron chi connectivity index (χ0n) is 20.0. The summed E-state index contributed by atoms with van der Waals surface area (Å²) in [5.74, 6) is -1.07. The van der Waals surface area contributed by atoms with E-state index in [2.05, 4.69) is 5.10 Å². The summed E-state index contributed by atoms with van der Waals surface area (Å²) >= 11 is 0. The third-order valence-corrected chi connectivity index (χ3v) is 8.01. The van der Waals surface area contributed by atoms with Gasteiger partial charge in [0, 0.05) is 22.9 Å². The van der Waals surface area contributed by atoms with Crippen molar-refractivity contribution in [2.24, 2.45) is 23.0 Å². The van der Waals surface area contributed by atoms with E-state index in [9.17, 15) is 14.0 Å². The van der Waals surface area contributed by atoms with E-state index in [1.54, 1.807) is 23.0 Å². The minimum atomic E-state index is -0.650. The summed E-state index contributed by atoms with van der Waals surface area (Å²) < 4.78 is 15.2. The van der Waals surface area contributed by atoms with Crippen molar-refractivity contribution in [2.75, 3.05) is 4.90 Å². The molecule has 2 amide bonds. The van der Waals surface area contributed by atoms with Crippen molar-refractivity contribution >= 4 is 28.4 Å². The third-order valence-electron chi connectivity index (χ3n) is 8.01. The molecule has 2 N–H and O–H groups in total. The van der Waals surface area contributed by atoms with Gasteiger partial charge in [0.1, 0.15) is 5.82 Å². The zero-order valence-corrected chi connectivity index (χ0v) is 20.0. The van der Waals surface area contributed by atoms with Gasteiger partial charge in [0.2, 0.25) is 11.8 Å². The number of halogens is 1. The molecule has 3 atom stereocenters. The molecule has 2 heterocycles. The topological polar surface area (TPSA) is 81.2 Å². The molecule has 3 aromatic carbocycles. The molecule has 0 radical (unpaired) electrons. The van der Waals surface area contributed by atoms with Gasteiger partial charge in [-0.2, -0.15) is 5.10 Å². The zero-order chi connectivity index (χ0) is 25.0. The third kappa shape index (κ3) is 3.33. The van der Waals surface area contributed by atoms with E-state index < -0.39 is 5.41 Å². The first-order valence-electron chi connectivity index (χ1n) is 12.4. The summed E-state index contributed by atoms with van der Waals surface area (Å²) in [6.45, 7) is 2.01. The number of aromatic nitrogens is 2. The van der Waals surface area contributed by atoms with Gasteiger partial charge in [-0.1, -0.05) is 37.3 Å². The Labute approximate surface area is 208 Å². The minimum Gasteiger partial charge on any atom is -0.369 e. The highest BCUT2D eigenvalue weighted by Crippen LogP contribution is 2.63. The molecule has 2 fully saturated rings. The molecule has 0 spiro atoms. The molecule has 7 heteroatoms. The Morgan fingerprint density at radius 3 is 2.39 bits per heavy atom. The largest absolute Gasteiger partial charge is 0.369 e. The standard InChI is InChI=1S/C29H27FN4O2/c1-2-23-25(29(14-15-29)28(31)36)26(18-6-4-3-5-7-18)33(27(23)35)22-12-13-24-19(16-22)17-32-34(24)21-10-8-20(30)9-11-21/h3-13,16-17,23,25-26H,2,14-15H2,1H3,(H2,31,36). The van der Waals surface area contributed by atoms with Gasteiger partial charge in [-0.15, -0.1) is 0 Å². The Hall–Kier alpha value is -4.00. The lowest BCUT2D eigenvalue weighted by Crippen LogP contribution is -2.37. The number of hydrogen-bond acceptors (Lipinski definition) is 3. The minimum absolute atomic E-state index is 0.0224. The Morgan fingerprint density at radius 2 is 1.75 bits per heavy atom. The highest BCUT2D eigenvalue weighted by Gasteiger charge is 2.64. The van der Waals surface area contributed by atoms with Crippen molar-refractivity contribution in [3.8, 4) is 5.69 Å². The molecule has 2 aliphatic rings. The summed E-state index contributed by atoms with van der Waals surface area (Å²) in [5.41, 5.74) is 8.66. The molecule has 1 saturated carbocycles. The van der Waals surface area contributed by atoms with Crippen LogP contribution in [0.2, 0.25) is 0 Å². The smallest absolute Gasteiger partial charge is 0.231 e. The Bertz CT molecular complexity index is 1460. The maximum absolute atomic E-state index is 13.9. The van der Waals surface area contributed by atoms with Gasteiger partial charge in [0.05, 0.1) is 28.9 Å². The normalized spacial score (nSPS) is 22.8. The molecule has 6 rings (SSSR count). The molecule has 36 heavy (non-hydrogen) atoms. The maximum atomic E-state index is 13.9. The van der Waals surface area contributed by atoms with Crippen LogP contribution in [-0.2, 0) is 9.59 Å². The molecule has 3 unspecified atom stereocenters. The maximum Gasteiger partial charge on any atom is 0.231 e. The van der Waals surface area contributed by atoms with Crippen molar-refractivity contribution in [2.45, 2.75) is 32.2 Å².